The third kappa shape index (κ3) is 9.34. The van der Waals surface area contributed by atoms with Crippen molar-refractivity contribution in [1.29, 1.82) is 0 Å². The van der Waals surface area contributed by atoms with Crippen molar-refractivity contribution in [3.8, 4) is 11.1 Å². The number of nitrogens with zero attached hydrogens (tertiary/aromatic N) is 1. The molecule has 1 heterocycles. The second-order valence-corrected chi connectivity index (χ2v) is 14.2. The van der Waals surface area contributed by atoms with E-state index in [2.05, 4.69) is 10.2 Å². The molecule has 1 saturated heterocycles. The van der Waals surface area contributed by atoms with Crippen LogP contribution >= 0.6 is 34.8 Å². The number of amides is 1. The molecule has 5 atom stereocenters. The van der Waals surface area contributed by atoms with Crippen LogP contribution in [0.5, 0.6) is 0 Å². The SMILES string of the molecule is C[C@@H]([C@H](O)c1ccccc1)N(C)C[C@H]1C[C@@H](c2ccc(CO)cc2)O[C@@H](c2cccc(-c3cccc(CNC(=O)C(Cl)(Cl)Cl)c3)c2)O1. The summed E-state index contributed by atoms with van der Waals surface area (Å²) in [4.78, 5) is 14.2. The Kier molecular flexibility index (Phi) is 12.0. The van der Waals surface area contributed by atoms with Gasteiger partial charge in [-0.05, 0) is 59.5 Å². The third-order valence-electron chi connectivity index (χ3n) is 8.53. The fourth-order valence-corrected chi connectivity index (χ4v) is 5.90. The first-order chi connectivity index (χ1) is 22.5. The highest BCUT2D eigenvalue weighted by molar-refractivity contribution is 6.76. The van der Waals surface area contributed by atoms with Crippen LogP contribution in [0.4, 0.5) is 0 Å². The highest BCUT2D eigenvalue weighted by Gasteiger charge is 2.34. The van der Waals surface area contributed by atoms with Gasteiger partial charge in [-0.1, -0.05) is 126 Å². The number of alkyl halides is 3. The molecule has 0 aliphatic carbocycles. The minimum Gasteiger partial charge on any atom is -0.392 e. The predicted molar refractivity (Wildman–Crippen MR) is 186 cm³/mol. The highest BCUT2D eigenvalue weighted by Crippen LogP contribution is 2.39. The molecule has 0 spiro atoms. The third-order valence-corrected chi connectivity index (χ3v) is 9.04. The zero-order valence-electron chi connectivity index (χ0n) is 26.2. The molecule has 3 N–H and O–H groups in total. The predicted octanol–water partition coefficient (Wildman–Crippen LogP) is 7.43. The van der Waals surface area contributed by atoms with Gasteiger partial charge in [0.05, 0.1) is 24.9 Å². The topological polar surface area (TPSA) is 91.3 Å². The average molecular weight is 698 g/mol. The Labute approximate surface area is 291 Å². The largest absolute Gasteiger partial charge is 0.392 e. The van der Waals surface area contributed by atoms with Crippen LogP contribution in [0.25, 0.3) is 11.1 Å². The molecule has 0 saturated carbocycles. The monoisotopic (exact) mass is 696 g/mol. The summed E-state index contributed by atoms with van der Waals surface area (Å²) in [7, 11) is 2.00. The molecule has 248 valence electrons. The average Bonchev–Trinajstić information content (AvgIpc) is 3.10. The van der Waals surface area contributed by atoms with E-state index < -0.39 is 22.1 Å². The van der Waals surface area contributed by atoms with Crippen molar-refractivity contribution in [1.82, 2.24) is 10.2 Å². The maximum absolute atomic E-state index is 12.0. The number of carbonyl (C=O) groups is 1. The first-order valence-electron chi connectivity index (χ1n) is 15.5. The molecule has 1 fully saturated rings. The van der Waals surface area contributed by atoms with Crippen LogP contribution in [-0.4, -0.2) is 50.6 Å². The molecule has 1 aliphatic heterocycles. The number of hydrogen-bond donors (Lipinski definition) is 3. The standard InChI is InChI=1S/C37H39Cl3N2O5/c1-24(34(44)28-9-4-3-5-10-28)42(2)22-32-20-33(27-16-14-25(23-43)15-17-27)47-35(46-32)31-13-7-12-30(19-31)29-11-6-8-26(18-29)21-41-36(45)37(38,39)40/h3-19,24,32-35,43-44H,20-23H2,1-2H3,(H,41,45)/t24-,32+,33-,34-,35-/m0/s1. The smallest absolute Gasteiger partial charge is 0.272 e. The van der Waals surface area contributed by atoms with Gasteiger partial charge in [0.25, 0.3) is 9.70 Å². The number of aliphatic hydroxyl groups excluding tert-OH is 2. The number of halogens is 3. The Morgan fingerprint density at radius 3 is 2.26 bits per heavy atom. The lowest BCUT2D eigenvalue weighted by Crippen LogP contribution is -2.43. The molecule has 0 bridgehead atoms. The zero-order chi connectivity index (χ0) is 33.6. The van der Waals surface area contributed by atoms with E-state index in [9.17, 15) is 15.0 Å². The molecule has 4 aromatic rings. The number of carbonyl (C=O) groups excluding carboxylic acids is 1. The fraction of sp³-hybridized carbons (Fsp3) is 0.324. The van der Waals surface area contributed by atoms with Gasteiger partial charge in [-0.2, -0.15) is 0 Å². The van der Waals surface area contributed by atoms with Gasteiger partial charge in [-0.25, -0.2) is 0 Å². The van der Waals surface area contributed by atoms with Gasteiger partial charge >= 0.3 is 0 Å². The van der Waals surface area contributed by atoms with Crippen LogP contribution in [-0.2, 0) is 27.4 Å². The van der Waals surface area contributed by atoms with Crippen LogP contribution in [0.3, 0.4) is 0 Å². The second-order valence-electron chi connectivity index (χ2n) is 11.9. The quantitative estimate of drug-likeness (QED) is 0.141. The molecule has 0 aromatic heterocycles. The van der Waals surface area contributed by atoms with E-state index in [4.69, 9.17) is 44.3 Å². The number of aliphatic hydroxyl groups is 2. The molecule has 47 heavy (non-hydrogen) atoms. The van der Waals surface area contributed by atoms with Gasteiger partial charge < -0.3 is 25.0 Å². The molecular weight excluding hydrogens is 659 g/mol. The van der Waals surface area contributed by atoms with Crippen LogP contribution in [0.1, 0.15) is 59.7 Å². The number of rotatable bonds is 11. The van der Waals surface area contributed by atoms with Gasteiger partial charge in [0.15, 0.2) is 6.29 Å². The van der Waals surface area contributed by atoms with Crippen LogP contribution < -0.4 is 5.32 Å². The van der Waals surface area contributed by atoms with Crippen molar-refractivity contribution in [2.75, 3.05) is 13.6 Å². The summed E-state index contributed by atoms with van der Waals surface area (Å²) in [6.07, 6.45) is -1.12. The van der Waals surface area contributed by atoms with Gasteiger partial charge in [0, 0.05) is 31.1 Å². The van der Waals surface area contributed by atoms with E-state index in [0.717, 1.165) is 38.9 Å². The number of nitrogens with one attached hydrogen (secondary N) is 1. The van der Waals surface area contributed by atoms with E-state index in [-0.39, 0.29) is 31.4 Å². The number of hydrogen-bond acceptors (Lipinski definition) is 6. The minimum atomic E-state index is -2.03. The summed E-state index contributed by atoms with van der Waals surface area (Å²) in [6.45, 7) is 2.77. The molecule has 0 radical (unpaired) electrons. The molecule has 4 aromatic carbocycles. The first kappa shape index (κ1) is 35.3. The van der Waals surface area contributed by atoms with Gasteiger partial charge in [0.1, 0.15) is 0 Å². The van der Waals surface area contributed by atoms with E-state index in [0.29, 0.717) is 13.0 Å². The highest BCUT2D eigenvalue weighted by atomic mass is 35.6. The molecule has 5 rings (SSSR count). The fourth-order valence-electron chi connectivity index (χ4n) is 5.70. The summed E-state index contributed by atoms with van der Waals surface area (Å²) < 4.78 is 11.2. The molecular formula is C37H39Cl3N2O5. The Balaban J connectivity index is 1.36. The Bertz CT molecular complexity index is 1620. The summed E-state index contributed by atoms with van der Waals surface area (Å²) in [5, 5.41) is 23.3. The summed E-state index contributed by atoms with van der Waals surface area (Å²) in [5.74, 6) is -0.689. The number of likely N-dealkylation sites (N-methyl/N-ethyl adjacent to an activating group) is 1. The molecule has 0 unspecified atom stereocenters. The van der Waals surface area contributed by atoms with Gasteiger partial charge in [-0.3, -0.25) is 9.69 Å². The maximum atomic E-state index is 12.0. The van der Waals surface area contributed by atoms with Crippen molar-refractivity contribution in [2.45, 2.75) is 60.9 Å². The zero-order valence-corrected chi connectivity index (χ0v) is 28.5. The van der Waals surface area contributed by atoms with Crippen LogP contribution in [0, 0.1) is 0 Å². The Morgan fingerprint density at radius 1 is 0.894 bits per heavy atom. The normalized spacial score (nSPS) is 19.7. The Morgan fingerprint density at radius 2 is 1.57 bits per heavy atom. The lowest BCUT2D eigenvalue weighted by Gasteiger charge is -2.39. The molecule has 7 nitrogen and oxygen atoms in total. The molecule has 1 amide bonds. The summed E-state index contributed by atoms with van der Waals surface area (Å²) >= 11 is 17.1. The second kappa shape index (κ2) is 15.9. The van der Waals surface area contributed by atoms with E-state index in [1.807, 2.05) is 117 Å². The number of ether oxygens (including phenoxy) is 2. The van der Waals surface area contributed by atoms with Crippen LogP contribution in [0.15, 0.2) is 103 Å². The van der Waals surface area contributed by atoms with E-state index >= 15 is 0 Å². The van der Waals surface area contributed by atoms with Crippen molar-refractivity contribution in [3.05, 3.63) is 131 Å². The van der Waals surface area contributed by atoms with Crippen molar-refractivity contribution >= 4 is 40.7 Å². The van der Waals surface area contributed by atoms with Crippen molar-refractivity contribution < 1.29 is 24.5 Å². The first-order valence-corrected chi connectivity index (χ1v) is 16.6. The van der Waals surface area contributed by atoms with E-state index in [1.165, 1.54) is 0 Å². The van der Waals surface area contributed by atoms with Crippen molar-refractivity contribution in [2.24, 2.45) is 0 Å². The Hall–Kier alpha value is -2.98. The van der Waals surface area contributed by atoms with Crippen LogP contribution in [0.2, 0.25) is 0 Å². The summed E-state index contributed by atoms with van der Waals surface area (Å²) in [6, 6.07) is 33.1. The lowest BCUT2D eigenvalue weighted by atomic mass is 9.97. The van der Waals surface area contributed by atoms with Gasteiger partial charge in [0.2, 0.25) is 0 Å². The van der Waals surface area contributed by atoms with E-state index in [1.54, 1.807) is 0 Å². The van der Waals surface area contributed by atoms with Crippen molar-refractivity contribution in [3.63, 3.8) is 0 Å². The summed E-state index contributed by atoms with van der Waals surface area (Å²) in [5.41, 5.74) is 6.31. The maximum Gasteiger partial charge on any atom is 0.272 e. The molecule has 10 heteroatoms. The minimum absolute atomic E-state index is 0.0279. The molecule has 1 aliphatic rings. The number of benzene rings is 4. The van der Waals surface area contributed by atoms with Gasteiger partial charge in [-0.15, -0.1) is 0 Å². The lowest BCUT2D eigenvalue weighted by molar-refractivity contribution is -0.253.